The van der Waals surface area contributed by atoms with E-state index in [1.54, 1.807) is 0 Å². The van der Waals surface area contributed by atoms with Crippen LogP contribution in [0, 0.1) is 12.8 Å². The number of nitrogens with one attached hydrogen (secondary N) is 1. The van der Waals surface area contributed by atoms with E-state index >= 15 is 0 Å². The van der Waals surface area contributed by atoms with Crippen molar-refractivity contribution in [1.29, 1.82) is 0 Å². The second-order valence-electron chi connectivity index (χ2n) is 5.65. The predicted molar refractivity (Wildman–Crippen MR) is 83.8 cm³/mol. The lowest BCUT2D eigenvalue weighted by molar-refractivity contribution is 0.377. The van der Waals surface area contributed by atoms with Crippen molar-refractivity contribution in [3.05, 3.63) is 11.4 Å². The third kappa shape index (κ3) is 3.20. The molecule has 20 heavy (non-hydrogen) atoms. The average Bonchev–Trinajstić information content (AvgIpc) is 2.49. The van der Waals surface area contributed by atoms with Crippen molar-refractivity contribution in [3.8, 4) is 0 Å². The van der Waals surface area contributed by atoms with E-state index in [4.69, 9.17) is 10.8 Å². The molecular weight excluding hydrogens is 250 g/mol. The van der Waals surface area contributed by atoms with Crippen molar-refractivity contribution < 1.29 is 0 Å². The standard InChI is InChI=1S/C15H27N5/c1-4-6-12-7-9-20(10-8-12)15-11(3)14(19-16)17-13(5-2)18-15/h12H,4-10,16H2,1-3H3,(H,17,18,19). The molecule has 1 aliphatic rings. The summed E-state index contributed by atoms with van der Waals surface area (Å²) in [5, 5.41) is 0. The lowest BCUT2D eigenvalue weighted by Gasteiger charge is -2.34. The summed E-state index contributed by atoms with van der Waals surface area (Å²) in [7, 11) is 0. The number of aromatic nitrogens is 2. The molecule has 1 aromatic heterocycles. The largest absolute Gasteiger partial charge is 0.356 e. The molecule has 0 radical (unpaired) electrons. The van der Waals surface area contributed by atoms with Gasteiger partial charge in [-0.25, -0.2) is 15.8 Å². The van der Waals surface area contributed by atoms with Crippen LogP contribution < -0.4 is 16.2 Å². The highest BCUT2D eigenvalue weighted by molar-refractivity contribution is 5.58. The van der Waals surface area contributed by atoms with E-state index in [2.05, 4.69) is 29.2 Å². The van der Waals surface area contributed by atoms with Crippen LogP contribution in [0.2, 0.25) is 0 Å². The summed E-state index contributed by atoms with van der Waals surface area (Å²) < 4.78 is 0. The Morgan fingerprint density at radius 3 is 2.50 bits per heavy atom. The van der Waals surface area contributed by atoms with Crippen LogP contribution >= 0.6 is 0 Å². The number of hydrogen-bond donors (Lipinski definition) is 2. The maximum Gasteiger partial charge on any atom is 0.148 e. The molecule has 0 atom stereocenters. The van der Waals surface area contributed by atoms with Crippen molar-refractivity contribution in [2.75, 3.05) is 23.4 Å². The third-order valence-electron chi connectivity index (χ3n) is 4.23. The first kappa shape index (κ1) is 15.0. The van der Waals surface area contributed by atoms with E-state index in [9.17, 15) is 0 Å². The molecule has 0 aromatic carbocycles. The zero-order valence-corrected chi connectivity index (χ0v) is 12.9. The molecule has 1 fully saturated rings. The first-order valence-corrected chi connectivity index (χ1v) is 7.78. The Labute approximate surface area is 121 Å². The number of piperidine rings is 1. The molecule has 5 nitrogen and oxygen atoms in total. The minimum atomic E-state index is 0.752. The molecular formula is C15H27N5. The Bertz CT molecular complexity index is 438. The quantitative estimate of drug-likeness (QED) is 0.640. The predicted octanol–water partition coefficient (Wildman–Crippen LogP) is 2.65. The van der Waals surface area contributed by atoms with Gasteiger partial charge in [0.15, 0.2) is 0 Å². The monoisotopic (exact) mass is 277 g/mol. The second-order valence-corrected chi connectivity index (χ2v) is 5.65. The number of hydrogen-bond acceptors (Lipinski definition) is 5. The highest BCUT2D eigenvalue weighted by Gasteiger charge is 2.22. The number of hydrazine groups is 1. The summed E-state index contributed by atoms with van der Waals surface area (Å²) >= 11 is 0. The molecule has 0 aliphatic carbocycles. The van der Waals surface area contributed by atoms with Gasteiger partial charge < -0.3 is 10.3 Å². The normalized spacial score (nSPS) is 16.5. The number of anilines is 2. The fourth-order valence-electron chi connectivity index (χ4n) is 3.00. The summed E-state index contributed by atoms with van der Waals surface area (Å²) in [4.78, 5) is 11.5. The Morgan fingerprint density at radius 2 is 1.95 bits per heavy atom. The van der Waals surface area contributed by atoms with Crippen LogP contribution in [0.1, 0.15) is 50.9 Å². The Kier molecular flexibility index (Phi) is 5.17. The fraction of sp³-hybridized carbons (Fsp3) is 0.733. The zero-order chi connectivity index (χ0) is 14.5. The summed E-state index contributed by atoms with van der Waals surface area (Å²) in [6, 6.07) is 0. The van der Waals surface area contributed by atoms with Gasteiger partial charge in [-0.05, 0) is 25.7 Å². The van der Waals surface area contributed by atoms with Crippen LogP contribution in [0.5, 0.6) is 0 Å². The van der Waals surface area contributed by atoms with Crippen LogP contribution in [0.25, 0.3) is 0 Å². The number of aryl methyl sites for hydroxylation is 1. The highest BCUT2D eigenvalue weighted by atomic mass is 15.3. The molecule has 0 bridgehead atoms. The number of nitrogen functional groups attached to an aromatic ring is 1. The smallest absolute Gasteiger partial charge is 0.148 e. The lowest BCUT2D eigenvalue weighted by atomic mass is 9.92. The highest BCUT2D eigenvalue weighted by Crippen LogP contribution is 2.29. The Morgan fingerprint density at radius 1 is 1.25 bits per heavy atom. The van der Waals surface area contributed by atoms with E-state index in [-0.39, 0.29) is 0 Å². The van der Waals surface area contributed by atoms with Gasteiger partial charge in [-0.15, -0.1) is 0 Å². The van der Waals surface area contributed by atoms with Gasteiger partial charge >= 0.3 is 0 Å². The summed E-state index contributed by atoms with van der Waals surface area (Å²) in [6.45, 7) is 8.57. The van der Waals surface area contributed by atoms with Gasteiger partial charge in [0, 0.05) is 25.1 Å². The van der Waals surface area contributed by atoms with Gasteiger partial charge in [0.05, 0.1) is 0 Å². The van der Waals surface area contributed by atoms with Gasteiger partial charge in [0.25, 0.3) is 0 Å². The van der Waals surface area contributed by atoms with Crippen LogP contribution in [0.3, 0.4) is 0 Å². The van der Waals surface area contributed by atoms with Crippen molar-refractivity contribution in [2.24, 2.45) is 11.8 Å². The molecule has 1 saturated heterocycles. The molecule has 2 rings (SSSR count). The van der Waals surface area contributed by atoms with Gasteiger partial charge in [0.1, 0.15) is 17.5 Å². The fourth-order valence-corrected chi connectivity index (χ4v) is 3.00. The van der Waals surface area contributed by atoms with Crippen LogP contribution in [0.15, 0.2) is 0 Å². The van der Waals surface area contributed by atoms with Gasteiger partial charge in [-0.2, -0.15) is 0 Å². The molecule has 112 valence electrons. The molecule has 2 heterocycles. The van der Waals surface area contributed by atoms with Crippen LogP contribution in [-0.2, 0) is 6.42 Å². The molecule has 3 N–H and O–H groups in total. The van der Waals surface area contributed by atoms with Crippen molar-refractivity contribution in [3.63, 3.8) is 0 Å². The Balaban J connectivity index is 2.16. The molecule has 5 heteroatoms. The molecule has 0 saturated carbocycles. The maximum atomic E-state index is 5.58. The molecule has 0 unspecified atom stereocenters. The van der Waals surface area contributed by atoms with E-state index in [1.807, 2.05) is 6.92 Å². The van der Waals surface area contributed by atoms with Crippen LogP contribution in [0.4, 0.5) is 11.6 Å². The lowest BCUT2D eigenvalue weighted by Crippen LogP contribution is -2.35. The van der Waals surface area contributed by atoms with Crippen LogP contribution in [-0.4, -0.2) is 23.1 Å². The molecule has 1 aliphatic heterocycles. The average molecular weight is 277 g/mol. The zero-order valence-electron chi connectivity index (χ0n) is 12.9. The maximum absolute atomic E-state index is 5.58. The topological polar surface area (TPSA) is 67.1 Å². The van der Waals surface area contributed by atoms with Gasteiger partial charge in [-0.3, -0.25) is 0 Å². The van der Waals surface area contributed by atoms with E-state index in [0.29, 0.717) is 0 Å². The van der Waals surface area contributed by atoms with Crippen molar-refractivity contribution in [2.45, 2.75) is 52.9 Å². The number of rotatable bonds is 5. The molecule has 1 aromatic rings. The van der Waals surface area contributed by atoms with E-state index in [1.165, 1.54) is 25.7 Å². The SMILES string of the molecule is CCCC1CCN(c2nc(CC)nc(NN)c2C)CC1. The van der Waals surface area contributed by atoms with E-state index in [0.717, 1.165) is 48.5 Å². The van der Waals surface area contributed by atoms with Gasteiger partial charge in [0.2, 0.25) is 0 Å². The minimum Gasteiger partial charge on any atom is -0.356 e. The minimum absolute atomic E-state index is 0.752. The summed E-state index contributed by atoms with van der Waals surface area (Å²) in [5.41, 5.74) is 3.76. The molecule has 0 amide bonds. The first-order chi connectivity index (χ1) is 9.69. The van der Waals surface area contributed by atoms with Gasteiger partial charge in [-0.1, -0.05) is 26.7 Å². The summed E-state index contributed by atoms with van der Waals surface area (Å²) in [5.74, 6) is 9.12. The molecule has 0 spiro atoms. The Hall–Kier alpha value is -1.36. The second kappa shape index (κ2) is 6.88. The number of nitrogens with zero attached hydrogens (tertiary/aromatic N) is 3. The number of nitrogens with two attached hydrogens (primary N) is 1. The van der Waals surface area contributed by atoms with Crippen molar-refractivity contribution >= 4 is 11.6 Å². The summed E-state index contributed by atoms with van der Waals surface area (Å²) in [6.07, 6.45) is 6.01. The van der Waals surface area contributed by atoms with E-state index < -0.39 is 0 Å². The first-order valence-electron chi connectivity index (χ1n) is 7.78. The third-order valence-corrected chi connectivity index (χ3v) is 4.23. The van der Waals surface area contributed by atoms with Crippen molar-refractivity contribution in [1.82, 2.24) is 9.97 Å².